The molecule has 2 nitrogen and oxygen atoms in total. The van der Waals surface area contributed by atoms with E-state index in [2.05, 4.69) is 45.0 Å². The molecule has 0 aliphatic carbocycles. The Kier molecular flexibility index (Phi) is 4.71. The smallest absolute Gasteiger partial charge is 0.374 e. The molecule has 0 N–H and O–H groups in total. The molecule has 1 aromatic carbocycles. The third kappa shape index (κ3) is 2.37. The van der Waals surface area contributed by atoms with Gasteiger partial charge in [-0.1, -0.05) is 50.1 Å². The highest BCUT2D eigenvalue weighted by Crippen LogP contribution is 2.25. The fraction of sp³-hybridized carbons (Fsp3) is 0.538. The topological polar surface area (TPSA) is 18.5 Å². The van der Waals surface area contributed by atoms with E-state index in [4.69, 9.17) is 8.85 Å². The van der Waals surface area contributed by atoms with Crippen LogP contribution in [0.4, 0.5) is 0 Å². The van der Waals surface area contributed by atoms with Crippen LogP contribution in [0.5, 0.6) is 0 Å². The second-order valence-electron chi connectivity index (χ2n) is 4.25. The first-order valence-corrected chi connectivity index (χ1v) is 7.67. The van der Waals surface area contributed by atoms with Gasteiger partial charge in [-0.05, 0) is 12.1 Å². The summed E-state index contributed by atoms with van der Waals surface area (Å²) in [7, 11) is 1.29. The molecular weight excluding hydrogens is 216 g/mol. The van der Waals surface area contributed by atoms with Gasteiger partial charge in [-0.2, -0.15) is 0 Å². The molecule has 1 unspecified atom stereocenters. The minimum atomic E-state index is -2.25. The summed E-state index contributed by atoms with van der Waals surface area (Å²) in [4.78, 5) is 0. The van der Waals surface area contributed by atoms with E-state index < -0.39 is 8.56 Å². The molecule has 1 atom stereocenters. The minimum Gasteiger partial charge on any atom is -0.394 e. The van der Waals surface area contributed by atoms with Gasteiger partial charge in [-0.25, -0.2) is 0 Å². The van der Waals surface area contributed by atoms with Crippen LogP contribution >= 0.6 is 0 Å². The summed E-state index contributed by atoms with van der Waals surface area (Å²) < 4.78 is 11.6. The van der Waals surface area contributed by atoms with Crippen molar-refractivity contribution >= 4 is 13.7 Å². The Labute approximate surface area is 99.8 Å². The van der Waals surface area contributed by atoms with Crippen molar-refractivity contribution in [3.8, 4) is 0 Å². The molecule has 0 spiro atoms. The zero-order valence-electron chi connectivity index (χ0n) is 10.9. The van der Waals surface area contributed by atoms with Crippen LogP contribution in [0, 0.1) is 6.92 Å². The van der Waals surface area contributed by atoms with Crippen LogP contribution in [0.25, 0.3) is 0 Å². The highest BCUT2D eigenvalue weighted by molar-refractivity contribution is 6.82. The molecule has 0 aromatic heterocycles. The molecule has 0 saturated heterocycles. The van der Waals surface area contributed by atoms with Crippen molar-refractivity contribution in [1.29, 1.82) is 0 Å². The van der Waals surface area contributed by atoms with Crippen LogP contribution < -0.4 is 5.19 Å². The Morgan fingerprint density at radius 2 is 1.62 bits per heavy atom. The lowest BCUT2D eigenvalue weighted by Crippen LogP contribution is -2.55. The predicted molar refractivity (Wildman–Crippen MR) is 70.3 cm³/mol. The van der Waals surface area contributed by atoms with Crippen LogP contribution in [0.15, 0.2) is 24.3 Å². The molecule has 0 aliphatic heterocycles. The maximum Gasteiger partial charge on any atom is 0.374 e. The highest BCUT2D eigenvalue weighted by atomic mass is 28.4. The van der Waals surface area contributed by atoms with Gasteiger partial charge >= 0.3 is 8.56 Å². The molecule has 90 valence electrons. The summed E-state index contributed by atoms with van der Waals surface area (Å²) in [6.07, 6.45) is 1.07. The maximum atomic E-state index is 5.78. The molecule has 0 aliphatic rings. The molecule has 0 heterocycles. The van der Waals surface area contributed by atoms with Crippen LogP contribution in [-0.2, 0) is 8.85 Å². The number of hydrogen-bond acceptors (Lipinski definition) is 2. The molecule has 1 aromatic rings. The van der Waals surface area contributed by atoms with E-state index in [1.807, 2.05) is 0 Å². The van der Waals surface area contributed by atoms with Gasteiger partial charge in [0.2, 0.25) is 0 Å². The third-order valence-corrected chi connectivity index (χ3v) is 7.38. The summed E-state index contributed by atoms with van der Waals surface area (Å²) in [6, 6.07) is 8.52. The second kappa shape index (κ2) is 5.62. The van der Waals surface area contributed by atoms with Gasteiger partial charge in [-0.3, -0.25) is 0 Å². The van der Waals surface area contributed by atoms with Crippen molar-refractivity contribution in [1.82, 2.24) is 0 Å². The Morgan fingerprint density at radius 1 is 1.12 bits per heavy atom. The van der Waals surface area contributed by atoms with Gasteiger partial charge in [0.1, 0.15) is 0 Å². The fourth-order valence-corrected chi connectivity index (χ4v) is 5.24. The summed E-state index contributed by atoms with van der Waals surface area (Å²) in [5.74, 6) is 0. The van der Waals surface area contributed by atoms with Crippen molar-refractivity contribution in [2.75, 3.05) is 14.2 Å². The van der Waals surface area contributed by atoms with Crippen LogP contribution in [0.1, 0.15) is 25.8 Å². The minimum absolute atomic E-state index is 0.449. The van der Waals surface area contributed by atoms with Crippen LogP contribution in [0.2, 0.25) is 5.54 Å². The zero-order valence-corrected chi connectivity index (χ0v) is 11.9. The van der Waals surface area contributed by atoms with Crippen molar-refractivity contribution < 1.29 is 8.85 Å². The fourth-order valence-electron chi connectivity index (χ4n) is 2.06. The molecule has 0 bridgehead atoms. The SMILES string of the molecule is CCC(C)[Si](OC)(OC)c1ccc(C)cc1. The largest absolute Gasteiger partial charge is 0.394 e. The van der Waals surface area contributed by atoms with Crippen molar-refractivity contribution in [3.05, 3.63) is 29.8 Å². The van der Waals surface area contributed by atoms with Crippen molar-refractivity contribution in [2.24, 2.45) is 0 Å². The first-order chi connectivity index (χ1) is 7.60. The van der Waals surface area contributed by atoms with Gasteiger partial charge < -0.3 is 8.85 Å². The van der Waals surface area contributed by atoms with E-state index in [1.54, 1.807) is 14.2 Å². The normalized spacial score (nSPS) is 13.8. The van der Waals surface area contributed by atoms with E-state index in [1.165, 1.54) is 10.8 Å². The number of rotatable bonds is 5. The van der Waals surface area contributed by atoms with Gasteiger partial charge in [0.05, 0.1) is 0 Å². The van der Waals surface area contributed by atoms with E-state index in [0.29, 0.717) is 5.54 Å². The van der Waals surface area contributed by atoms with Gasteiger partial charge in [-0.15, -0.1) is 0 Å². The second-order valence-corrected chi connectivity index (χ2v) is 7.97. The first-order valence-electron chi connectivity index (χ1n) is 5.78. The lowest BCUT2D eigenvalue weighted by molar-refractivity contribution is 0.245. The molecular formula is C13H22O2Si. The van der Waals surface area contributed by atoms with E-state index in [9.17, 15) is 0 Å². The van der Waals surface area contributed by atoms with Gasteiger partial charge in [0.25, 0.3) is 0 Å². The first kappa shape index (κ1) is 13.4. The van der Waals surface area contributed by atoms with Gasteiger partial charge in [0, 0.05) is 19.8 Å². The molecule has 1 rings (SSSR count). The number of benzene rings is 1. The molecule has 0 amide bonds. The molecule has 0 fully saturated rings. The van der Waals surface area contributed by atoms with Crippen molar-refractivity contribution in [3.63, 3.8) is 0 Å². The maximum absolute atomic E-state index is 5.78. The van der Waals surface area contributed by atoms with E-state index >= 15 is 0 Å². The highest BCUT2D eigenvalue weighted by Gasteiger charge is 2.43. The van der Waals surface area contributed by atoms with Crippen molar-refractivity contribution in [2.45, 2.75) is 32.7 Å². The summed E-state index contributed by atoms with van der Waals surface area (Å²) in [6.45, 7) is 6.48. The summed E-state index contributed by atoms with van der Waals surface area (Å²) in [5.41, 5.74) is 1.72. The summed E-state index contributed by atoms with van der Waals surface area (Å²) >= 11 is 0. The molecule has 0 saturated carbocycles. The third-order valence-electron chi connectivity index (χ3n) is 3.32. The summed E-state index contributed by atoms with van der Waals surface area (Å²) in [5, 5.41) is 1.22. The Morgan fingerprint density at radius 3 is 2.00 bits per heavy atom. The lowest BCUT2D eigenvalue weighted by Gasteiger charge is -2.32. The number of aryl methyl sites for hydroxylation is 1. The monoisotopic (exact) mass is 238 g/mol. The molecule has 0 radical (unpaired) electrons. The Bertz CT molecular complexity index is 317. The van der Waals surface area contributed by atoms with Crippen LogP contribution in [-0.4, -0.2) is 22.8 Å². The Balaban J connectivity index is 3.14. The average molecular weight is 238 g/mol. The Hall–Kier alpha value is -0.643. The quantitative estimate of drug-likeness (QED) is 0.734. The average Bonchev–Trinajstić information content (AvgIpc) is 2.33. The molecule has 16 heavy (non-hydrogen) atoms. The predicted octanol–water partition coefficient (Wildman–Crippen LogP) is 2.74. The van der Waals surface area contributed by atoms with Crippen LogP contribution in [0.3, 0.4) is 0 Å². The lowest BCUT2D eigenvalue weighted by atomic mass is 10.2. The van der Waals surface area contributed by atoms with Gasteiger partial charge in [0.15, 0.2) is 0 Å². The zero-order chi connectivity index (χ0) is 12.2. The van der Waals surface area contributed by atoms with E-state index in [0.717, 1.165) is 6.42 Å². The number of hydrogen-bond donors (Lipinski definition) is 0. The standard InChI is InChI=1S/C13H22O2Si/c1-6-12(3)16(14-4,15-5)13-9-7-11(2)8-10-13/h7-10,12H,6H2,1-5H3. The van der Waals surface area contributed by atoms with E-state index in [-0.39, 0.29) is 0 Å². The molecule has 3 heteroatoms.